The lowest BCUT2D eigenvalue weighted by atomic mass is 10.0. The third-order valence-corrected chi connectivity index (χ3v) is 4.31. The van der Waals surface area contributed by atoms with Gasteiger partial charge >= 0.3 is 0 Å². The van der Waals surface area contributed by atoms with Gasteiger partial charge in [-0.2, -0.15) is 0 Å². The van der Waals surface area contributed by atoms with Crippen LogP contribution in [0.2, 0.25) is 0 Å². The van der Waals surface area contributed by atoms with Gasteiger partial charge in [0, 0.05) is 32.9 Å². The van der Waals surface area contributed by atoms with E-state index in [0.29, 0.717) is 5.92 Å². The SMILES string of the molecule is CN=C(NCCCCNc1ccccn1)NCC(C)c1ccc(C)cc1. The van der Waals surface area contributed by atoms with Crippen LogP contribution in [-0.4, -0.2) is 37.6 Å². The lowest BCUT2D eigenvalue weighted by Gasteiger charge is -2.16. The van der Waals surface area contributed by atoms with Crippen molar-refractivity contribution < 1.29 is 0 Å². The van der Waals surface area contributed by atoms with Crippen molar-refractivity contribution in [3.05, 3.63) is 59.8 Å². The Morgan fingerprint density at radius 3 is 2.50 bits per heavy atom. The molecule has 0 bridgehead atoms. The van der Waals surface area contributed by atoms with E-state index in [1.807, 2.05) is 25.2 Å². The first kappa shape index (κ1) is 19.8. The largest absolute Gasteiger partial charge is 0.370 e. The summed E-state index contributed by atoms with van der Waals surface area (Å²) in [6.07, 6.45) is 3.96. The Balaban J connectivity index is 1.59. The molecule has 26 heavy (non-hydrogen) atoms. The minimum Gasteiger partial charge on any atom is -0.370 e. The minimum absolute atomic E-state index is 0.441. The summed E-state index contributed by atoms with van der Waals surface area (Å²) in [4.78, 5) is 8.55. The summed E-state index contributed by atoms with van der Waals surface area (Å²) in [6.45, 7) is 7.04. The molecule has 1 heterocycles. The average Bonchev–Trinajstić information content (AvgIpc) is 2.68. The Kier molecular flexibility index (Phi) is 8.46. The van der Waals surface area contributed by atoms with Gasteiger partial charge in [-0.25, -0.2) is 4.98 Å². The maximum Gasteiger partial charge on any atom is 0.190 e. The van der Waals surface area contributed by atoms with E-state index in [1.165, 1.54) is 11.1 Å². The number of nitrogens with zero attached hydrogens (tertiary/aromatic N) is 2. The molecular formula is C21H31N5. The number of aliphatic imine (C=N–C) groups is 1. The molecule has 0 spiro atoms. The topological polar surface area (TPSA) is 61.3 Å². The van der Waals surface area contributed by atoms with Crippen LogP contribution in [0, 0.1) is 6.92 Å². The number of hydrogen-bond donors (Lipinski definition) is 3. The van der Waals surface area contributed by atoms with Crippen LogP contribution in [0.4, 0.5) is 5.82 Å². The third-order valence-electron chi connectivity index (χ3n) is 4.31. The second-order valence-corrected chi connectivity index (χ2v) is 6.54. The number of unbranched alkanes of at least 4 members (excludes halogenated alkanes) is 1. The van der Waals surface area contributed by atoms with Crippen molar-refractivity contribution in [2.24, 2.45) is 4.99 Å². The van der Waals surface area contributed by atoms with Crippen molar-refractivity contribution in [3.63, 3.8) is 0 Å². The number of aryl methyl sites for hydroxylation is 1. The molecule has 0 fully saturated rings. The van der Waals surface area contributed by atoms with Crippen LogP contribution in [0.3, 0.4) is 0 Å². The van der Waals surface area contributed by atoms with Crippen LogP contribution in [0.25, 0.3) is 0 Å². The van der Waals surface area contributed by atoms with Gasteiger partial charge in [0.25, 0.3) is 0 Å². The van der Waals surface area contributed by atoms with Crippen LogP contribution in [-0.2, 0) is 0 Å². The van der Waals surface area contributed by atoms with E-state index < -0.39 is 0 Å². The van der Waals surface area contributed by atoms with E-state index in [1.54, 1.807) is 6.20 Å². The van der Waals surface area contributed by atoms with Crippen LogP contribution in [0.1, 0.15) is 36.8 Å². The first-order valence-corrected chi connectivity index (χ1v) is 9.35. The zero-order chi connectivity index (χ0) is 18.6. The predicted molar refractivity (Wildman–Crippen MR) is 111 cm³/mol. The van der Waals surface area contributed by atoms with Gasteiger partial charge in [0.15, 0.2) is 5.96 Å². The molecule has 0 saturated carbocycles. The number of aromatic nitrogens is 1. The quantitative estimate of drug-likeness (QED) is 0.366. The number of benzene rings is 1. The molecule has 1 atom stereocenters. The van der Waals surface area contributed by atoms with E-state index in [0.717, 1.165) is 44.3 Å². The molecule has 2 rings (SSSR count). The smallest absolute Gasteiger partial charge is 0.190 e. The predicted octanol–water partition coefficient (Wildman–Crippen LogP) is 3.55. The van der Waals surface area contributed by atoms with Crippen LogP contribution in [0.5, 0.6) is 0 Å². The first-order valence-electron chi connectivity index (χ1n) is 9.35. The highest BCUT2D eigenvalue weighted by Gasteiger charge is 2.06. The van der Waals surface area contributed by atoms with E-state index in [2.05, 4.69) is 64.0 Å². The van der Waals surface area contributed by atoms with Crippen molar-refractivity contribution in [3.8, 4) is 0 Å². The van der Waals surface area contributed by atoms with Gasteiger partial charge in [-0.1, -0.05) is 42.8 Å². The highest BCUT2D eigenvalue weighted by Crippen LogP contribution is 2.14. The molecule has 1 unspecified atom stereocenters. The van der Waals surface area contributed by atoms with Gasteiger partial charge < -0.3 is 16.0 Å². The lowest BCUT2D eigenvalue weighted by molar-refractivity contribution is 0.679. The fourth-order valence-corrected chi connectivity index (χ4v) is 2.62. The molecule has 0 amide bonds. The van der Waals surface area contributed by atoms with Crippen molar-refractivity contribution in [2.75, 3.05) is 32.0 Å². The number of nitrogens with one attached hydrogen (secondary N) is 3. The molecule has 0 aliphatic carbocycles. The van der Waals surface area contributed by atoms with Gasteiger partial charge in [0.2, 0.25) is 0 Å². The van der Waals surface area contributed by atoms with Gasteiger partial charge in [-0.15, -0.1) is 0 Å². The summed E-state index contributed by atoms with van der Waals surface area (Å²) in [7, 11) is 1.81. The zero-order valence-electron chi connectivity index (χ0n) is 16.1. The van der Waals surface area contributed by atoms with Gasteiger partial charge in [0.1, 0.15) is 5.82 Å². The van der Waals surface area contributed by atoms with Crippen LogP contribution >= 0.6 is 0 Å². The average molecular weight is 354 g/mol. The molecule has 5 heteroatoms. The maximum atomic E-state index is 4.30. The Morgan fingerprint density at radius 1 is 1.04 bits per heavy atom. The normalized spacial score (nSPS) is 12.5. The van der Waals surface area contributed by atoms with E-state index >= 15 is 0 Å². The molecular weight excluding hydrogens is 322 g/mol. The number of guanidine groups is 1. The van der Waals surface area contributed by atoms with E-state index in [-0.39, 0.29) is 0 Å². The van der Waals surface area contributed by atoms with Crippen molar-refractivity contribution in [1.82, 2.24) is 15.6 Å². The molecule has 0 aliphatic rings. The number of rotatable bonds is 9. The standard InChI is InChI=1S/C21H31N5/c1-17-9-11-19(12-10-17)18(2)16-26-21(22-3)25-15-7-6-14-24-20-8-4-5-13-23-20/h4-5,8-13,18H,6-7,14-16H2,1-3H3,(H,23,24)(H2,22,25,26). The Morgan fingerprint density at radius 2 is 1.81 bits per heavy atom. The fourth-order valence-electron chi connectivity index (χ4n) is 2.62. The molecule has 2 aromatic rings. The highest BCUT2D eigenvalue weighted by atomic mass is 15.2. The molecule has 0 radical (unpaired) electrons. The first-order chi connectivity index (χ1) is 12.7. The monoisotopic (exact) mass is 353 g/mol. The third kappa shape index (κ3) is 7.13. The summed E-state index contributed by atoms with van der Waals surface area (Å²) in [5.74, 6) is 2.24. The second kappa shape index (κ2) is 11.1. The van der Waals surface area contributed by atoms with Gasteiger partial charge in [-0.3, -0.25) is 4.99 Å². The molecule has 5 nitrogen and oxygen atoms in total. The maximum absolute atomic E-state index is 4.30. The molecule has 1 aromatic carbocycles. The Hall–Kier alpha value is -2.56. The Bertz CT molecular complexity index is 652. The number of anilines is 1. The van der Waals surface area contributed by atoms with Gasteiger partial charge in [-0.05, 0) is 43.4 Å². The van der Waals surface area contributed by atoms with Crippen molar-refractivity contribution in [1.29, 1.82) is 0 Å². The molecule has 0 aliphatic heterocycles. The highest BCUT2D eigenvalue weighted by molar-refractivity contribution is 5.79. The molecule has 1 aromatic heterocycles. The van der Waals surface area contributed by atoms with Crippen molar-refractivity contribution >= 4 is 11.8 Å². The summed E-state index contributed by atoms with van der Waals surface area (Å²) < 4.78 is 0. The fraction of sp³-hybridized carbons (Fsp3) is 0.429. The molecule has 140 valence electrons. The summed E-state index contributed by atoms with van der Waals surface area (Å²) in [5, 5.41) is 10.1. The Labute approximate surface area is 157 Å². The summed E-state index contributed by atoms with van der Waals surface area (Å²) >= 11 is 0. The van der Waals surface area contributed by atoms with Crippen LogP contribution in [0.15, 0.2) is 53.7 Å². The van der Waals surface area contributed by atoms with Crippen molar-refractivity contribution in [2.45, 2.75) is 32.6 Å². The number of pyridine rings is 1. The molecule has 3 N–H and O–H groups in total. The minimum atomic E-state index is 0.441. The summed E-state index contributed by atoms with van der Waals surface area (Å²) in [6, 6.07) is 14.6. The van der Waals surface area contributed by atoms with Crippen LogP contribution < -0.4 is 16.0 Å². The zero-order valence-corrected chi connectivity index (χ0v) is 16.1. The van der Waals surface area contributed by atoms with E-state index in [9.17, 15) is 0 Å². The second-order valence-electron chi connectivity index (χ2n) is 6.54. The van der Waals surface area contributed by atoms with Gasteiger partial charge in [0.05, 0.1) is 0 Å². The van der Waals surface area contributed by atoms with E-state index in [4.69, 9.17) is 0 Å². The lowest BCUT2D eigenvalue weighted by Crippen LogP contribution is -2.39. The summed E-state index contributed by atoms with van der Waals surface area (Å²) in [5.41, 5.74) is 2.64. The number of hydrogen-bond acceptors (Lipinski definition) is 3. The molecule has 0 saturated heterocycles.